The Balaban J connectivity index is 0.00000121. The summed E-state index contributed by atoms with van der Waals surface area (Å²) in [5, 5.41) is 0.682. The fourth-order valence-electron chi connectivity index (χ4n) is 1.23. The number of nitrogens with zero attached hydrogens (tertiary/aromatic N) is 1. The van der Waals surface area contributed by atoms with E-state index in [0.29, 0.717) is 11.0 Å². The molecular formula is C13H21FN2O. The number of rotatable bonds is 1. The molecule has 0 aromatic carbocycles. The Morgan fingerprint density at radius 2 is 1.94 bits per heavy atom. The minimum Gasteiger partial charge on any atom is -0.317 e. The van der Waals surface area contributed by atoms with Gasteiger partial charge in [-0.15, -0.1) is 0 Å². The minimum atomic E-state index is -0.341. The van der Waals surface area contributed by atoms with Gasteiger partial charge in [0.15, 0.2) is 0 Å². The Hall–Kier alpha value is -1.45. The molecule has 3 nitrogen and oxygen atoms in total. The molecule has 96 valence electrons. The standard InChI is InChI=1S/C11H15FN2O.C2H6/c1-5-8-10(9(12)6(2)3)14-11(15)7(4)13-8;1-2/h5-6H,1-4H3,(H,14,15);1-2H3/b8-5+,10-9-;. The van der Waals surface area contributed by atoms with E-state index >= 15 is 0 Å². The van der Waals surface area contributed by atoms with Crippen LogP contribution in [0, 0.1) is 12.8 Å². The van der Waals surface area contributed by atoms with Crippen LogP contribution in [-0.2, 0) is 0 Å². The fraction of sp³-hybridized carbons (Fsp3) is 0.538. The minimum absolute atomic E-state index is 0.197. The van der Waals surface area contributed by atoms with Crippen LogP contribution >= 0.6 is 0 Å². The fourth-order valence-corrected chi connectivity index (χ4v) is 1.23. The molecule has 0 radical (unpaired) electrons. The predicted octanol–water partition coefficient (Wildman–Crippen LogP) is 1.64. The highest BCUT2D eigenvalue weighted by Gasteiger charge is 2.05. The molecule has 4 heteroatoms. The summed E-state index contributed by atoms with van der Waals surface area (Å²) in [6.07, 6.45) is 1.68. The first-order chi connectivity index (χ1) is 7.97. The van der Waals surface area contributed by atoms with E-state index in [0.717, 1.165) is 0 Å². The lowest BCUT2D eigenvalue weighted by molar-refractivity contribution is 0.619. The summed E-state index contributed by atoms with van der Waals surface area (Å²) in [6, 6.07) is 0. The lowest BCUT2D eigenvalue weighted by atomic mass is 10.2. The second-order valence-corrected chi connectivity index (χ2v) is 3.70. The van der Waals surface area contributed by atoms with Crippen molar-refractivity contribution in [3.63, 3.8) is 0 Å². The van der Waals surface area contributed by atoms with Gasteiger partial charge in [-0.25, -0.2) is 9.37 Å². The third-order valence-electron chi connectivity index (χ3n) is 2.13. The summed E-state index contributed by atoms with van der Waals surface area (Å²) in [7, 11) is 0. The van der Waals surface area contributed by atoms with Gasteiger partial charge in [0, 0.05) is 5.92 Å². The number of H-pyrrole nitrogens is 1. The molecular weight excluding hydrogens is 219 g/mol. The van der Waals surface area contributed by atoms with Gasteiger partial charge < -0.3 is 4.98 Å². The number of nitrogens with one attached hydrogen (secondary N) is 1. The van der Waals surface area contributed by atoms with Crippen molar-refractivity contribution in [3.8, 4) is 0 Å². The molecule has 0 fully saturated rings. The van der Waals surface area contributed by atoms with Crippen molar-refractivity contribution < 1.29 is 4.39 Å². The van der Waals surface area contributed by atoms with Crippen molar-refractivity contribution in [3.05, 3.63) is 26.7 Å². The number of aryl methyl sites for hydroxylation is 1. The zero-order chi connectivity index (χ0) is 13.6. The largest absolute Gasteiger partial charge is 0.317 e. The van der Waals surface area contributed by atoms with E-state index in [9.17, 15) is 9.18 Å². The van der Waals surface area contributed by atoms with Crippen molar-refractivity contribution in [2.75, 3.05) is 0 Å². The summed E-state index contributed by atoms with van der Waals surface area (Å²) >= 11 is 0. The molecule has 0 spiro atoms. The van der Waals surface area contributed by atoms with E-state index in [1.165, 1.54) is 0 Å². The molecule has 0 aliphatic rings. The molecule has 0 aliphatic carbocycles. The molecule has 0 saturated heterocycles. The molecule has 1 aromatic heterocycles. The van der Waals surface area contributed by atoms with E-state index < -0.39 is 0 Å². The number of hydrogen-bond acceptors (Lipinski definition) is 2. The Morgan fingerprint density at radius 1 is 1.41 bits per heavy atom. The van der Waals surface area contributed by atoms with E-state index in [-0.39, 0.29) is 22.7 Å². The summed E-state index contributed by atoms with van der Waals surface area (Å²) in [6.45, 7) is 10.8. The quantitative estimate of drug-likeness (QED) is 0.811. The topological polar surface area (TPSA) is 45.8 Å². The Bertz CT molecular complexity index is 529. The first-order valence-corrected chi connectivity index (χ1v) is 5.90. The van der Waals surface area contributed by atoms with Crippen molar-refractivity contribution >= 4 is 11.9 Å². The highest BCUT2D eigenvalue weighted by atomic mass is 19.1. The molecule has 0 bridgehead atoms. The number of aromatic amines is 1. The molecule has 0 aliphatic heterocycles. The van der Waals surface area contributed by atoms with Crippen molar-refractivity contribution in [2.24, 2.45) is 5.92 Å². The molecule has 0 saturated carbocycles. The average molecular weight is 240 g/mol. The van der Waals surface area contributed by atoms with Gasteiger partial charge in [-0.1, -0.05) is 33.8 Å². The van der Waals surface area contributed by atoms with Gasteiger partial charge in [-0.3, -0.25) is 4.79 Å². The van der Waals surface area contributed by atoms with Gasteiger partial charge in [-0.05, 0) is 13.8 Å². The van der Waals surface area contributed by atoms with Gasteiger partial charge in [0.1, 0.15) is 11.5 Å². The Labute approximate surface area is 101 Å². The third kappa shape index (κ3) is 3.80. The molecule has 1 rings (SSSR count). The summed E-state index contributed by atoms with van der Waals surface area (Å²) in [4.78, 5) is 17.9. The lowest BCUT2D eigenvalue weighted by Crippen LogP contribution is -2.40. The van der Waals surface area contributed by atoms with E-state index in [1.54, 1.807) is 33.8 Å². The second-order valence-electron chi connectivity index (χ2n) is 3.70. The summed E-state index contributed by atoms with van der Waals surface area (Å²) < 4.78 is 13.7. The molecule has 1 heterocycles. The van der Waals surface area contributed by atoms with Crippen LogP contribution in [0.2, 0.25) is 0 Å². The molecule has 1 N–H and O–H groups in total. The normalized spacial score (nSPS) is 13.3. The zero-order valence-electron chi connectivity index (χ0n) is 11.4. The van der Waals surface area contributed by atoms with Crippen molar-refractivity contribution in [1.82, 2.24) is 9.97 Å². The molecule has 1 aromatic rings. The second kappa shape index (κ2) is 6.99. The van der Waals surface area contributed by atoms with Gasteiger partial charge in [-0.2, -0.15) is 0 Å². The Morgan fingerprint density at radius 3 is 2.35 bits per heavy atom. The SMILES string of the molecule is C/C=c1/nc(C)c(=O)[nH]/c1=C(\F)C(C)C.CC. The first-order valence-electron chi connectivity index (χ1n) is 5.90. The summed E-state index contributed by atoms with van der Waals surface area (Å²) in [5.74, 6) is -0.600. The van der Waals surface area contributed by atoms with Gasteiger partial charge in [0.2, 0.25) is 0 Å². The molecule has 0 unspecified atom stereocenters. The summed E-state index contributed by atoms with van der Waals surface area (Å²) in [5.41, 5.74) is 0.00908. The molecule has 17 heavy (non-hydrogen) atoms. The van der Waals surface area contributed by atoms with Crippen LogP contribution in [-0.4, -0.2) is 9.97 Å². The molecule has 0 amide bonds. The van der Waals surface area contributed by atoms with E-state index in [1.807, 2.05) is 13.8 Å². The van der Waals surface area contributed by atoms with Crippen molar-refractivity contribution in [2.45, 2.75) is 41.5 Å². The van der Waals surface area contributed by atoms with Crippen LogP contribution in [0.4, 0.5) is 4.39 Å². The monoisotopic (exact) mass is 240 g/mol. The predicted molar refractivity (Wildman–Crippen MR) is 69.7 cm³/mol. The number of halogens is 1. The van der Waals surface area contributed by atoms with E-state index in [4.69, 9.17) is 0 Å². The number of hydrogen-bond donors (Lipinski definition) is 1. The number of aromatic nitrogens is 2. The maximum Gasteiger partial charge on any atom is 0.269 e. The van der Waals surface area contributed by atoms with Crippen LogP contribution in [0.5, 0.6) is 0 Å². The zero-order valence-corrected chi connectivity index (χ0v) is 11.4. The van der Waals surface area contributed by atoms with Crippen LogP contribution in [0.25, 0.3) is 11.9 Å². The Kier molecular flexibility index (Phi) is 6.39. The maximum atomic E-state index is 13.7. The average Bonchev–Trinajstić information content (AvgIpc) is 2.33. The van der Waals surface area contributed by atoms with Crippen LogP contribution < -0.4 is 16.3 Å². The van der Waals surface area contributed by atoms with Gasteiger partial charge in [0.25, 0.3) is 5.56 Å². The van der Waals surface area contributed by atoms with E-state index in [2.05, 4.69) is 9.97 Å². The van der Waals surface area contributed by atoms with Gasteiger partial charge >= 0.3 is 0 Å². The van der Waals surface area contributed by atoms with Crippen LogP contribution in [0.15, 0.2) is 4.79 Å². The van der Waals surface area contributed by atoms with Gasteiger partial charge in [0.05, 0.1) is 10.7 Å². The third-order valence-corrected chi connectivity index (χ3v) is 2.13. The van der Waals surface area contributed by atoms with Crippen LogP contribution in [0.1, 0.15) is 40.3 Å². The van der Waals surface area contributed by atoms with Crippen LogP contribution in [0.3, 0.4) is 0 Å². The van der Waals surface area contributed by atoms with Crippen molar-refractivity contribution in [1.29, 1.82) is 0 Å². The smallest absolute Gasteiger partial charge is 0.269 e. The highest BCUT2D eigenvalue weighted by Crippen LogP contribution is 2.07. The lowest BCUT2D eigenvalue weighted by Gasteiger charge is -2.01. The molecule has 0 atom stereocenters. The maximum absolute atomic E-state index is 13.7. The highest BCUT2D eigenvalue weighted by molar-refractivity contribution is 5.36. The first kappa shape index (κ1) is 15.6.